The molecule has 3 heteroatoms. The second kappa shape index (κ2) is 8.51. The zero-order chi connectivity index (χ0) is 16.1. The number of para-hydroxylation sites is 1. The van der Waals surface area contributed by atoms with E-state index in [4.69, 9.17) is 0 Å². The summed E-state index contributed by atoms with van der Waals surface area (Å²) in [4.78, 5) is 6.76. The van der Waals surface area contributed by atoms with E-state index in [1.54, 1.807) is 0 Å². The Kier molecular flexibility index (Phi) is 6.39. The zero-order valence-corrected chi connectivity index (χ0v) is 15.0. The second-order valence-corrected chi connectivity index (χ2v) is 5.51. The van der Waals surface area contributed by atoms with Crippen molar-refractivity contribution in [2.45, 2.75) is 13.8 Å². The summed E-state index contributed by atoms with van der Waals surface area (Å²) in [7, 11) is 0. The molecule has 0 atom stereocenters. The van der Waals surface area contributed by atoms with Gasteiger partial charge in [0, 0.05) is 30.4 Å². The molecule has 0 amide bonds. The molecular weight excluding hydrogens is 316 g/mol. The van der Waals surface area contributed by atoms with Gasteiger partial charge in [-0.15, -0.1) is 12.4 Å². The van der Waals surface area contributed by atoms with Gasteiger partial charge in [-0.05, 0) is 49.2 Å². The summed E-state index contributed by atoms with van der Waals surface area (Å²) in [5, 5.41) is 1.19. The van der Waals surface area contributed by atoms with Gasteiger partial charge in [0.1, 0.15) is 0 Å². The maximum atomic E-state index is 4.41. The summed E-state index contributed by atoms with van der Waals surface area (Å²) in [5.74, 6) is 0. The molecule has 1 aromatic heterocycles. The standard InChI is InChI=1S/C21H22N2.ClH/c1-3-23(4-2)19-13-10-17(11-14-19)9-12-18-15-16-22-21-8-6-5-7-20(18)21;/h5-16H,3-4H2,1-2H3;1H. The molecule has 1 heterocycles. The highest BCUT2D eigenvalue weighted by molar-refractivity contribution is 5.90. The van der Waals surface area contributed by atoms with Crippen LogP contribution in [0.15, 0.2) is 60.8 Å². The fraction of sp³-hybridized carbons (Fsp3) is 0.190. The van der Waals surface area contributed by atoms with Crippen LogP contribution in [0.1, 0.15) is 25.0 Å². The van der Waals surface area contributed by atoms with Crippen molar-refractivity contribution >= 4 is 41.1 Å². The third-order valence-corrected chi connectivity index (χ3v) is 4.16. The van der Waals surface area contributed by atoms with Gasteiger partial charge in [-0.25, -0.2) is 0 Å². The van der Waals surface area contributed by atoms with Crippen molar-refractivity contribution in [2.75, 3.05) is 18.0 Å². The van der Waals surface area contributed by atoms with E-state index in [0.717, 1.165) is 18.6 Å². The van der Waals surface area contributed by atoms with Crippen molar-refractivity contribution in [2.24, 2.45) is 0 Å². The Labute approximate surface area is 150 Å². The summed E-state index contributed by atoms with van der Waals surface area (Å²) in [6, 6.07) is 19.0. The summed E-state index contributed by atoms with van der Waals surface area (Å²) in [5.41, 5.74) is 4.72. The highest BCUT2D eigenvalue weighted by Crippen LogP contribution is 2.20. The summed E-state index contributed by atoms with van der Waals surface area (Å²) < 4.78 is 0. The number of fused-ring (bicyclic) bond motifs is 1. The number of hydrogen-bond acceptors (Lipinski definition) is 2. The molecule has 24 heavy (non-hydrogen) atoms. The van der Waals surface area contributed by atoms with E-state index in [2.05, 4.69) is 78.3 Å². The number of nitrogens with zero attached hydrogens (tertiary/aromatic N) is 2. The van der Waals surface area contributed by atoms with E-state index < -0.39 is 0 Å². The Bertz CT molecular complexity index is 800. The van der Waals surface area contributed by atoms with Crippen LogP contribution < -0.4 is 4.90 Å². The first kappa shape index (κ1) is 18.0. The minimum Gasteiger partial charge on any atom is -0.372 e. The predicted octanol–water partition coefficient (Wildman–Crippen LogP) is 5.67. The van der Waals surface area contributed by atoms with E-state index in [1.807, 2.05) is 18.3 Å². The molecule has 0 saturated carbocycles. The first-order valence-corrected chi connectivity index (χ1v) is 8.18. The summed E-state index contributed by atoms with van der Waals surface area (Å²) in [6.07, 6.45) is 6.19. The van der Waals surface area contributed by atoms with Gasteiger partial charge in [-0.2, -0.15) is 0 Å². The zero-order valence-electron chi connectivity index (χ0n) is 14.1. The third-order valence-electron chi connectivity index (χ3n) is 4.16. The summed E-state index contributed by atoms with van der Waals surface area (Å²) in [6.45, 7) is 6.45. The van der Waals surface area contributed by atoms with Crippen LogP contribution in [0.2, 0.25) is 0 Å². The molecule has 0 saturated heterocycles. The van der Waals surface area contributed by atoms with Gasteiger partial charge in [0.2, 0.25) is 0 Å². The maximum Gasteiger partial charge on any atom is 0.0707 e. The van der Waals surface area contributed by atoms with Gasteiger partial charge in [0.05, 0.1) is 5.52 Å². The van der Waals surface area contributed by atoms with Gasteiger partial charge in [-0.3, -0.25) is 4.98 Å². The number of rotatable bonds is 5. The number of benzene rings is 2. The number of anilines is 1. The number of pyridine rings is 1. The molecule has 2 nitrogen and oxygen atoms in total. The third kappa shape index (κ3) is 3.95. The molecular formula is C21H23ClN2. The van der Waals surface area contributed by atoms with Crippen LogP contribution in [0.5, 0.6) is 0 Å². The molecule has 3 aromatic rings. The van der Waals surface area contributed by atoms with Crippen LogP contribution in [-0.4, -0.2) is 18.1 Å². The molecule has 0 spiro atoms. The maximum absolute atomic E-state index is 4.41. The molecule has 0 radical (unpaired) electrons. The first-order valence-electron chi connectivity index (χ1n) is 8.18. The van der Waals surface area contributed by atoms with Crippen LogP contribution in [0, 0.1) is 0 Å². The molecule has 0 N–H and O–H groups in total. The normalized spacial score (nSPS) is 10.8. The van der Waals surface area contributed by atoms with Crippen LogP contribution in [0.4, 0.5) is 5.69 Å². The van der Waals surface area contributed by atoms with Gasteiger partial charge < -0.3 is 4.90 Å². The van der Waals surface area contributed by atoms with E-state index in [-0.39, 0.29) is 12.4 Å². The van der Waals surface area contributed by atoms with Crippen molar-refractivity contribution in [1.82, 2.24) is 4.98 Å². The van der Waals surface area contributed by atoms with Gasteiger partial charge in [0.15, 0.2) is 0 Å². The van der Waals surface area contributed by atoms with E-state index in [9.17, 15) is 0 Å². The number of aromatic nitrogens is 1. The second-order valence-electron chi connectivity index (χ2n) is 5.51. The number of halogens is 1. The van der Waals surface area contributed by atoms with Gasteiger partial charge in [0.25, 0.3) is 0 Å². The molecule has 0 aliphatic carbocycles. The van der Waals surface area contributed by atoms with E-state index in [0.29, 0.717) is 0 Å². The highest BCUT2D eigenvalue weighted by atomic mass is 35.5. The molecule has 0 fully saturated rings. The molecule has 0 unspecified atom stereocenters. The Hall–Kier alpha value is -2.32. The SMILES string of the molecule is CCN(CC)c1ccc(C=Cc2ccnc3ccccc23)cc1.Cl. The minimum atomic E-state index is 0. The lowest BCUT2D eigenvalue weighted by Crippen LogP contribution is -2.21. The molecule has 0 bridgehead atoms. The molecule has 0 aliphatic heterocycles. The first-order chi connectivity index (χ1) is 11.3. The molecule has 3 rings (SSSR count). The van der Waals surface area contributed by atoms with Gasteiger partial charge >= 0.3 is 0 Å². The van der Waals surface area contributed by atoms with Crippen molar-refractivity contribution in [3.8, 4) is 0 Å². The quantitative estimate of drug-likeness (QED) is 0.595. The van der Waals surface area contributed by atoms with E-state index >= 15 is 0 Å². The Morgan fingerprint density at radius 2 is 1.58 bits per heavy atom. The smallest absolute Gasteiger partial charge is 0.0707 e. The monoisotopic (exact) mass is 338 g/mol. The average Bonchev–Trinajstić information content (AvgIpc) is 2.62. The van der Waals surface area contributed by atoms with Crippen LogP contribution >= 0.6 is 12.4 Å². The van der Waals surface area contributed by atoms with E-state index in [1.165, 1.54) is 22.2 Å². The van der Waals surface area contributed by atoms with Crippen molar-refractivity contribution in [3.05, 3.63) is 71.9 Å². The van der Waals surface area contributed by atoms with Crippen LogP contribution in [-0.2, 0) is 0 Å². The minimum absolute atomic E-state index is 0. The predicted molar refractivity (Wildman–Crippen MR) is 108 cm³/mol. The van der Waals surface area contributed by atoms with Crippen molar-refractivity contribution < 1.29 is 0 Å². The van der Waals surface area contributed by atoms with Crippen molar-refractivity contribution in [3.63, 3.8) is 0 Å². The van der Waals surface area contributed by atoms with Crippen LogP contribution in [0.25, 0.3) is 23.1 Å². The lowest BCUT2D eigenvalue weighted by molar-refractivity contribution is 0.866. The number of hydrogen-bond donors (Lipinski definition) is 0. The topological polar surface area (TPSA) is 16.1 Å². The summed E-state index contributed by atoms with van der Waals surface area (Å²) >= 11 is 0. The Morgan fingerprint density at radius 3 is 2.29 bits per heavy atom. The highest BCUT2D eigenvalue weighted by Gasteiger charge is 2.01. The lowest BCUT2D eigenvalue weighted by atomic mass is 10.1. The lowest BCUT2D eigenvalue weighted by Gasteiger charge is -2.20. The molecule has 0 aliphatic rings. The van der Waals surface area contributed by atoms with Crippen LogP contribution in [0.3, 0.4) is 0 Å². The largest absolute Gasteiger partial charge is 0.372 e. The fourth-order valence-electron chi connectivity index (χ4n) is 2.83. The average molecular weight is 339 g/mol. The molecule has 124 valence electrons. The van der Waals surface area contributed by atoms with Gasteiger partial charge in [-0.1, -0.05) is 42.5 Å². The van der Waals surface area contributed by atoms with Crippen molar-refractivity contribution in [1.29, 1.82) is 0 Å². The molecule has 2 aromatic carbocycles. The fourth-order valence-corrected chi connectivity index (χ4v) is 2.83. The Balaban J connectivity index is 0.00000208. The Morgan fingerprint density at radius 1 is 0.875 bits per heavy atom.